The van der Waals surface area contributed by atoms with Gasteiger partial charge < -0.3 is 9.53 Å². The number of carbonyl (C=O) groups is 1. The van der Waals surface area contributed by atoms with Crippen molar-refractivity contribution in [2.24, 2.45) is 0 Å². The molecule has 0 amide bonds. The highest BCUT2D eigenvalue weighted by Crippen LogP contribution is 2.46. The summed E-state index contributed by atoms with van der Waals surface area (Å²) in [6.45, 7) is 2.64. The van der Waals surface area contributed by atoms with Crippen LogP contribution in [-0.2, 0) is 10.2 Å². The van der Waals surface area contributed by atoms with Crippen LogP contribution in [0.4, 0.5) is 0 Å². The third-order valence-corrected chi connectivity index (χ3v) is 2.75. The van der Waals surface area contributed by atoms with Gasteiger partial charge in [-0.05, 0) is 37.5 Å². The molecule has 2 rings (SSSR count). The average molecular weight is 190 g/mol. The fourth-order valence-electron chi connectivity index (χ4n) is 1.66. The summed E-state index contributed by atoms with van der Waals surface area (Å²) in [4.78, 5) is 10.9. The van der Waals surface area contributed by atoms with Gasteiger partial charge >= 0.3 is 0 Å². The Morgan fingerprint density at radius 2 is 2.00 bits per heavy atom. The minimum atomic E-state index is -0.162. The summed E-state index contributed by atoms with van der Waals surface area (Å²) in [5.41, 5.74) is 0.959. The van der Waals surface area contributed by atoms with E-state index in [4.69, 9.17) is 4.74 Å². The third kappa shape index (κ3) is 1.52. The normalized spacial score (nSPS) is 17.5. The van der Waals surface area contributed by atoms with Crippen LogP contribution in [0, 0.1) is 0 Å². The van der Waals surface area contributed by atoms with E-state index in [0.717, 1.165) is 30.4 Å². The minimum Gasteiger partial charge on any atom is -0.494 e. The number of hydrogen-bond acceptors (Lipinski definition) is 2. The maximum atomic E-state index is 10.9. The first-order chi connectivity index (χ1) is 6.80. The molecule has 2 heteroatoms. The van der Waals surface area contributed by atoms with Crippen molar-refractivity contribution in [2.75, 3.05) is 6.61 Å². The molecule has 2 nitrogen and oxygen atoms in total. The molecule has 0 atom stereocenters. The standard InChI is InChI=1S/C12H14O2/c1-2-14-11-5-3-10(4-6-11)12(9-13)7-8-12/h3-6,9H,2,7-8H2,1H3. The second kappa shape index (κ2) is 3.45. The quantitative estimate of drug-likeness (QED) is 0.681. The summed E-state index contributed by atoms with van der Waals surface area (Å²) < 4.78 is 5.34. The zero-order valence-electron chi connectivity index (χ0n) is 8.32. The van der Waals surface area contributed by atoms with Gasteiger partial charge in [-0.2, -0.15) is 0 Å². The lowest BCUT2D eigenvalue weighted by atomic mass is 9.98. The van der Waals surface area contributed by atoms with E-state index in [1.54, 1.807) is 0 Å². The van der Waals surface area contributed by atoms with Crippen LogP contribution in [0.1, 0.15) is 25.3 Å². The van der Waals surface area contributed by atoms with Gasteiger partial charge in [0.1, 0.15) is 12.0 Å². The molecular weight excluding hydrogens is 176 g/mol. The number of aldehydes is 1. The first kappa shape index (κ1) is 9.25. The number of rotatable bonds is 4. The van der Waals surface area contributed by atoms with Crippen molar-refractivity contribution in [2.45, 2.75) is 25.2 Å². The summed E-state index contributed by atoms with van der Waals surface area (Å²) >= 11 is 0. The zero-order chi connectivity index (χ0) is 10.0. The van der Waals surface area contributed by atoms with Gasteiger partial charge in [-0.25, -0.2) is 0 Å². The number of carbonyl (C=O) groups excluding carboxylic acids is 1. The van der Waals surface area contributed by atoms with Crippen molar-refractivity contribution < 1.29 is 9.53 Å². The minimum absolute atomic E-state index is 0.162. The van der Waals surface area contributed by atoms with E-state index < -0.39 is 0 Å². The molecule has 1 fully saturated rings. The zero-order valence-corrected chi connectivity index (χ0v) is 8.32. The molecule has 14 heavy (non-hydrogen) atoms. The summed E-state index contributed by atoms with van der Waals surface area (Å²) in [6.07, 6.45) is 3.05. The molecule has 0 heterocycles. The van der Waals surface area contributed by atoms with Crippen LogP contribution >= 0.6 is 0 Å². The summed E-state index contributed by atoms with van der Waals surface area (Å²) in [7, 11) is 0. The van der Waals surface area contributed by atoms with Crippen molar-refractivity contribution in [1.82, 2.24) is 0 Å². The Morgan fingerprint density at radius 1 is 1.36 bits per heavy atom. The predicted molar refractivity (Wildman–Crippen MR) is 54.6 cm³/mol. The summed E-state index contributed by atoms with van der Waals surface area (Å²) in [5.74, 6) is 0.873. The first-order valence-corrected chi connectivity index (χ1v) is 5.00. The Morgan fingerprint density at radius 3 is 2.43 bits per heavy atom. The van der Waals surface area contributed by atoms with Crippen molar-refractivity contribution >= 4 is 6.29 Å². The van der Waals surface area contributed by atoms with Gasteiger partial charge in [0, 0.05) is 0 Å². The Hall–Kier alpha value is -1.31. The first-order valence-electron chi connectivity index (χ1n) is 5.00. The fourth-order valence-corrected chi connectivity index (χ4v) is 1.66. The lowest BCUT2D eigenvalue weighted by molar-refractivity contribution is -0.109. The molecule has 1 aromatic rings. The smallest absolute Gasteiger partial charge is 0.130 e. The van der Waals surface area contributed by atoms with Crippen molar-refractivity contribution in [1.29, 1.82) is 0 Å². The highest BCUT2D eigenvalue weighted by Gasteiger charge is 2.44. The van der Waals surface area contributed by atoms with Crippen molar-refractivity contribution in [3.05, 3.63) is 29.8 Å². The van der Waals surface area contributed by atoms with E-state index in [1.807, 2.05) is 31.2 Å². The van der Waals surface area contributed by atoms with Gasteiger partial charge in [0.2, 0.25) is 0 Å². The fraction of sp³-hybridized carbons (Fsp3) is 0.417. The lowest BCUT2D eigenvalue weighted by Gasteiger charge is -2.08. The van der Waals surface area contributed by atoms with Gasteiger partial charge in [0.05, 0.1) is 12.0 Å². The lowest BCUT2D eigenvalue weighted by Crippen LogP contribution is -2.07. The highest BCUT2D eigenvalue weighted by atomic mass is 16.5. The number of benzene rings is 1. The molecule has 0 saturated heterocycles. The van der Waals surface area contributed by atoms with Crippen LogP contribution in [0.5, 0.6) is 5.75 Å². The molecule has 0 N–H and O–H groups in total. The van der Waals surface area contributed by atoms with Crippen molar-refractivity contribution in [3.8, 4) is 5.75 Å². The molecule has 1 aliphatic rings. The van der Waals surface area contributed by atoms with Crippen LogP contribution in [0.2, 0.25) is 0 Å². The maximum Gasteiger partial charge on any atom is 0.130 e. The third-order valence-electron chi connectivity index (χ3n) is 2.75. The number of hydrogen-bond donors (Lipinski definition) is 0. The van der Waals surface area contributed by atoms with E-state index in [2.05, 4.69) is 0 Å². The Kier molecular flexibility index (Phi) is 2.28. The van der Waals surface area contributed by atoms with Crippen LogP contribution in [0.15, 0.2) is 24.3 Å². The van der Waals surface area contributed by atoms with Gasteiger partial charge in [-0.15, -0.1) is 0 Å². The van der Waals surface area contributed by atoms with Crippen molar-refractivity contribution in [3.63, 3.8) is 0 Å². The molecule has 1 aliphatic carbocycles. The van der Waals surface area contributed by atoms with Crippen LogP contribution in [0.25, 0.3) is 0 Å². The molecule has 1 aromatic carbocycles. The molecule has 0 spiro atoms. The summed E-state index contributed by atoms with van der Waals surface area (Å²) in [6, 6.07) is 7.85. The SMILES string of the molecule is CCOc1ccc(C2(C=O)CC2)cc1. The van der Waals surface area contributed by atoms with E-state index >= 15 is 0 Å². The topological polar surface area (TPSA) is 26.3 Å². The van der Waals surface area contributed by atoms with E-state index in [1.165, 1.54) is 0 Å². The van der Waals surface area contributed by atoms with Crippen LogP contribution in [0.3, 0.4) is 0 Å². The molecule has 0 aliphatic heterocycles. The molecule has 74 valence electrons. The monoisotopic (exact) mass is 190 g/mol. The largest absolute Gasteiger partial charge is 0.494 e. The van der Waals surface area contributed by atoms with Gasteiger partial charge in [0.15, 0.2) is 0 Å². The molecule has 0 aromatic heterocycles. The molecule has 0 unspecified atom stereocenters. The van der Waals surface area contributed by atoms with Gasteiger partial charge in [0.25, 0.3) is 0 Å². The molecule has 1 saturated carbocycles. The van der Waals surface area contributed by atoms with E-state index in [-0.39, 0.29) is 5.41 Å². The summed E-state index contributed by atoms with van der Waals surface area (Å²) in [5, 5.41) is 0. The number of ether oxygens (including phenoxy) is 1. The highest BCUT2D eigenvalue weighted by molar-refractivity contribution is 5.73. The molecular formula is C12H14O2. The Labute approximate surface area is 83.9 Å². The second-order valence-corrected chi connectivity index (χ2v) is 3.73. The van der Waals surface area contributed by atoms with E-state index in [0.29, 0.717) is 6.61 Å². The van der Waals surface area contributed by atoms with Crippen LogP contribution in [-0.4, -0.2) is 12.9 Å². The second-order valence-electron chi connectivity index (χ2n) is 3.73. The van der Waals surface area contributed by atoms with Gasteiger partial charge in [-0.3, -0.25) is 0 Å². The molecule has 0 radical (unpaired) electrons. The maximum absolute atomic E-state index is 10.9. The Bertz CT molecular complexity index is 323. The Balaban J connectivity index is 2.18. The van der Waals surface area contributed by atoms with Crippen LogP contribution < -0.4 is 4.74 Å². The predicted octanol–water partition coefficient (Wildman–Crippen LogP) is 2.32. The van der Waals surface area contributed by atoms with E-state index in [9.17, 15) is 4.79 Å². The van der Waals surface area contributed by atoms with Gasteiger partial charge in [-0.1, -0.05) is 12.1 Å². The molecule has 0 bridgehead atoms. The average Bonchev–Trinajstić information content (AvgIpc) is 3.00.